The Morgan fingerprint density at radius 3 is 2.42 bits per heavy atom. The van der Waals surface area contributed by atoms with E-state index in [1.54, 1.807) is 60.8 Å². The molecule has 130 valence electrons. The van der Waals surface area contributed by atoms with E-state index in [0.29, 0.717) is 28.3 Å². The highest BCUT2D eigenvalue weighted by atomic mass is 16.5. The van der Waals surface area contributed by atoms with Crippen molar-refractivity contribution in [2.24, 2.45) is 4.99 Å². The van der Waals surface area contributed by atoms with Crippen LogP contribution in [0.2, 0.25) is 0 Å². The number of ether oxygens (including phenoxy) is 1. The molecule has 0 unspecified atom stereocenters. The third kappa shape index (κ3) is 4.08. The molecule has 3 aromatic rings. The maximum absolute atomic E-state index is 12.1. The van der Waals surface area contributed by atoms with Crippen molar-refractivity contribution < 1.29 is 14.6 Å². The number of carbonyl (C=O) groups is 1. The third-order valence-electron chi connectivity index (χ3n) is 3.76. The molecule has 0 aromatic heterocycles. The number of hydrogen-bond donors (Lipinski definition) is 2. The molecular formula is C21H18N2O3. The van der Waals surface area contributed by atoms with Gasteiger partial charge in [-0.3, -0.25) is 9.79 Å². The predicted molar refractivity (Wildman–Crippen MR) is 103 cm³/mol. The Bertz CT molecular complexity index is 920. The first-order valence-electron chi connectivity index (χ1n) is 8.04. The summed E-state index contributed by atoms with van der Waals surface area (Å²) in [5.74, 6) is 0.279. The molecule has 0 atom stereocenters. The van der Waals surface area contributed by atoms with Gasteiger partial charge in [0, 0.05) is 23.0 Å². The molecule has 0 bridgehead atoms. The summed E-state index contributed by atoms with van der Waals surface area (Å²) in [6, 6.07) is 21.4. The monoisotopic (exact) mass is 346 g/mol. The first kappa shape index (κ1) is 17.2. The van der Waals surface area contributed by atoms with Gasteiger partial charge in [-0.2, -0.15) is 0 Å². The van der Waals surface area contributed by atoms with Gasteiger partial charge < -0.3 is 15.2 Å². The largest absolute Gasteiger partial charge is 0.504 e. The van der Waals surface area contributed by atoms with Crippen LogP contribution in [0.1, 0.15) is 15.9 Å². The molecule has 0 heterocycles. The summed E-state index contributed by atoms with van der Waals surface area (Å²) in [5.41, 5.74) is 2.54. The number of anilines is 1. The SMILES string of the molecule is COc1cccc(C=Nc2ccc(NC(=O)c3ccccc3)cc2)c1O. The highest BCUT2D eigenvalue weighted by Gasteiger charge is 2.06. The minimum absolute atomic E-state index is 0.0468. The van der Waals surface area contributed by atoms with Gasteiger partial charge >= 0.3 is 0 Å². The van der Waals surface area contributed by atoms with Crippen molar-refractivity contribution in [2.75, 3.05) is 12.4 Å². The molecule has 2 N–H and O–H groups in total. The standard InChI is InChI=1S/C21H18N2O3/c1-26-19-9-5-8-16(20(19)24)14-22-17-10-12-18(13-11-17)23-21(25)15-6-3-2-4-7-15/h2-14,24H,1H3,(H,23,25). The minimum atomic E-state index is -0.164. The van der Waals surface area contributed by atoms with Crippen LogP contribution in [-0.4, -0.2) is 24.3 Å². The fourth-order valence-electron chi connectivity index (χ4n) is 2.38. The number of benzene rings is 3. The Morgan fingerprint density at radius 1 is 1.00 bits per heavy atom. The van der Waals surface area contributed by atoms with E-state index in [1.165, 1.54) is 7.11 Å². The molecule has 0 saturated carbocycles. The number of phenols is 1. The van der Waals surface area contributed by atoms with E-state index in [1.807, 2.05) is 18.2 Å². The van der Waals surface area contributed by atoms with Crippen molar-refractivity contribution in [3.8, 4) is 11.5 Å². The Labute approximate surface area is 151 Å². The van der Waals surface area contributed by atoms with Gasteiger partial charge in [-0.15, -0.1) is 0 Å². The van der Waals surface area contributed by atoms with Crippen LogP contribution in [-0.2, 0) is 0 Å². The Kier molecular flexibility index (Phi) is 5.29. The minimum Gasteiger partial charge on any atom is -0.504 e. The number of nitrogens with one attached hydrogen (secondary N) is 1. The molecule has 0 aliphatic rings. The second-order valence-corrected chi connectivity index (χ2v) is 5.52. The summed E-state index contributed by atoms with van der Waals surface area (Å²) < 4.78 is 5.07. The molecule has 5 heteroatoms. The van der Waals surface area contributed by atoms with E-state index in [-0.39, 0.29) is 11.7 Å². The maximum atomic E-state index is 12.1. The lowest BCUT2D eigenvalue weighted by Gasteiger charge is -2.06. The third-order valence-corrected chi connectivity index (χ3v) is 3.76. The molecule has 5 nitrogen and oxygen atoms in total. The number of hydrogen-bond acceptors (Lipinski definition) is 4. The molecule has 0 aliphatic heterocycles. The molecule has 0 spiro atoms. The number of para-hydroxylation sites is 1. The zero-order chi connectivity index (χ0) is 18.4. The number of carbonyl (C=O) groups excluding carboxylic acids is 1. The average Bonchev–Trinajstić information content (AvgIpc) is 2.69. The number of aliphatic imine (C=N–C) groups is 1. The van der Waals surface area contributed by atoms with Crippen LogP contribution in [0.25, 0.3) is 0 Å². The van der Waals surface area contributed by atoms with Crippen molar-refractivity contribution in [3.05, 3.63) is 83.9 Å². The molecule has 0 aliphatic carbocycles. The smallest absolute Gasteiger partial charge is 0.255 e. The van der Waals surface area contributed by atoms with E-state index in [4.69, 9.17) is 4.74 Å². The second-order valence-electron chi connectivity index (χ2n) is 5.52. The summed E-state index contributed by atoms with van der Waals surface area (Å²) in [4.78, 5) is 16.5. The highest BCUT2D eigenvalue weighted by Crippen LogP contribution is 2.28. The summed E-state index contributed by atoms with van der Waals surface area (Å²) in [5, 5.41) is 12.9. The Hall–Kier alpha value is -3.60. The van der Waals surface area contributed by atoms with Crippen LogP contribution in [0, 0.1) is 0 Å². The first-order chi connectivity index (χ1) is 12.7. The van der Waals surface area contributed by atoms with Gasteiger partial charge in [0.15, 0.2) is 11.5 Å². The number of nitrogens with zero attached hydrogens (tertiary/aromatic N) is 1. The topological polar surface area (TPSA) is 70.9 Å². The maximum Gasteiger partial charge on any atom is 0.255 e. The number of phenolic OH excluding ortho intramolecular Hbond substituents is 1. The van der Waals surface area contributed by atoms with Crippen LogP contribution < -0.4 is 10.1 Å². The zero-order valence-electron chi connectivity index (χ0n) is 14.2. The Morgan fingerprint density at radius 2 is 1.73 bits per heavy atom. The summed E-state index contributed by atoms with van der Waals surface area (Å²) >= 11 is 0. The number of aromatic hydroxyl groups is 1. The molecule has 0 radical (unpaired) electrons. The van der Waals surface area contributed by atoms with Gasteiger partial charge in [-0.1, -0.05) is 24.3 Å². The van der Waals surface area contributed by atoms with Crippen molar-refractivity contribution in [2.45, 2.75) is 0 Å². The van der Waals surface area contributed by atoms with Crippen LogP contribution in [0.4, 0.5) is 11.4 Å². The van der Waals surface area contributed by atoms with Crippen molar-refractivity contribution in [1.29, 1.82) is 0 Å². The Balaban J connectivity index is 1.69. The molecule has 3 rings (SSSR count). The lowest BCUT2D eigenvalue weighted by atomic mass is 10.2. The average molecular weight is 346 g/mol. The normalized spacial score (nSPS) is 10.7. The van der Waals surface area contributed by atoms with Gasteiger partial charge in [-0.25, -0.2) is 0 Å². The van der Waals surface area contributed by atoms with Crippen molar-refractivity contribution >= 4 is 23.5 Å². The van der Waals surface area contributed by atoms with Crippen molar-refractivity contribution in [3.63, 3.8) is 0 Å². The van der Waals surface area contributed by atoms with E-state index >= 15 is 0 Å². The lowest BCUT2D eigenvalue weighted by molar-refractivity contribution is 0.102. The zero-order valence-corrected chi connectivity index (χ0v) is 14.2. The van der Waals surface area contributed by atoms with Gasteiger partial charge in [-0.05, 0) is 48.5 Å². The lowest BCUT2D eigenvalue weighted by Crippen LogP contribution is -2.11. The van der Waals surface area contributed by atoms with Crippen molar-refractivity contribution in [1.82, 2.24) is 0 Å². The molecule has 1 amide bonds. The molecule has 0 fully saturated rings. The fourth-order valence-corrected chi connectivity index (χ4v) is 2.38. The molecular weight excluding hydrogens is 328 g/mol. The molecule has 3 aromatic carbocycles. The van der Waals surface area contributed by atoms with E-state index in [0.717, 1.165) is 0 Å². The fraction of sp³-hybridized carbons (Fsp3) is 0.0476. The van der Waals surface area contributed by atoms with E-state index in [2.05, 4.69) is 10.3 Å². The van der Waals surface area contributed by atoms with E-state index < -0.39 is 0 Å². The summed E-state index contributed by atoms with van der Waals surface area (Å²) in [7, 11) is 1.50. The summed E-state index contributed by atoms with van der Waals surface area (Å²) in [6.45, 7) is 0. The summed E-state index contributed by atoms with van der Waals surface area (Å²) in [6.07, 6.45) is 1.56. The van der Waals surface area contributed by atoms with Gasteiger partial charge in [0.05, 0.1) is 12.8 Å². The van der Waals surface area contributed by atoms with E-state index in [9.17, 15) is 9.90 Å². The van der Waals surface area contributed by atoms with Crippen LogP contribution in [0.15, 0.2) is 77.8 Å². The second kappa shape index (κ2) is 7.98. The highest BCUT2D eigenvalue weighted by molar-refractivity contribution is 6.04. The van der Waals surface area contributed by atoms with Gasteiger partial charge in [0.25, 0.3) is 5.91 Å². The van der Waals surface area contributed by atoms with Crippen LogP contribution in [0.5, 0.6) is 11.5 Å². The molecule has 0 saturated heterocycles. The number of amides is 1. The van der Waals surface area contributed by atoms with Gasteiger partial charge in [0.1, 0.15) is 0 Å². The molecule has 26 heavy (non-hydrogen) atoms. The predicted octanol–water partition coefficient (Wildman–Crippen LogP) is 4.40. The van der Waals surface area contributed by atoms with Gasteiger partial charge in [0.2, 0.25) is 0 Å². The first-order valence-corrected chi connectivity index (χ1v) is 8.04. The number of rotatable bonds is 5. The quantitative estimate of drug-likeness (QED) is 0.673. The van der Waals surface area contributed by atoms with Crippen LogP contribution >= 0.6 is 0 Å². The number of methoxy groups -OCH3 is 1. The van der Waals surface area contributed by atoms with Crippen LogP contribution in [0.3, 0.4) is 0 Å².